The fourth-order valence-electron chi connectivity index (χ4n) is 1.60. The highest BCUT2D eigenvalue weighted by Crippen LogP contribution is 2.10. The number of carbonyl (C=O) groups is 1. The molecule has 6 heteroatoms. The molecular weight excluding hydrogens is 220 g/mol. The van der Waals surface area contributed by atoms with Crippen LogP contribution in [0.2, 0.25) is 0 Å². The monoisotopic (exact) mass is 234 g/mol. The molecule has 1 N–H and O–H groups in total. The fraction of sp³-hybridized carbons (Fsp3) is 0.364. The van der Waals surface area contributed by atoms with Crippen molar-refractivity contribution in [3.05, 3.63) is 24.5 Å². The average molecular weight is 234 g/mol. The van der Waals surface area contributed by atoms with Crippen LogP contribution in [0.15, 0.2) is 24.5 Å². The number of nitrogens with zero attached hydrogens (tertiary/aromatic N) is 4. The second kappa shape index (κ2) is 4.82. The predicted octanol–water partition coefficient (Wildman–Crippen LogP) is 1.03. The van der Waals surface area contributed by atoms with Gasteiger partial charge in [-0.15, -0.1) is 0 Å². The van der Waals surface area contributed by atoms with Gasteiger partial charge in [0.1, 0.15) is 5.82 Å². The van der Waals surface area contributed by atoms with Gasteiger partial charge in [-0.3, -0.25) is 4.79 Å². The molecule has 6 nitrogen and oxygen atoms in total. The molecule has 0 atom stereocenters. The first-order valence-corrected chi connectivity index (χ1v) is 5.40. The Morgan fingerprint density at radius 3 is 3.12 bits per heavy atom. The van der Waals surface area contributed by atoms with Gasteiger partial charge in [0.25, 0.3) is 0 Å². The molecule has 0 aliphatic rings. The van der Waals surface area contributed by atoms with Gasteiger partial charge in [-0.2, -0.15) is 5.10 Å². The van der Waals surface area contributed by atoms with Crippen LogP contribution >= 0.6 is 0 Å². The van der Waals surface area contributed by atoms with E-state index in [0.717, 1.165) is 11.5 Å². The molecule has 2 heterocycles. The minimum absolute atomic E-state index is 0.180. The molecule has 0 aromatic carbocycles. The van der Waals surface area contributed by atoms with Gasteiger partial charge in [0.05, 0.1) is 6.20 Å². The Morgan fingerprint density at radius 2 is 2.35 bits per heavy atom. The summed E-state index contributed by atoms with van der Waals surface area (Å²) in [6, 6.07) is 3.69. The Kier molecular flexibility index (Phi) is 3.22. The first-order chi connectivity index (χ1) is 8.16. The minimum Gasteiger partial charge on any atom is -0.481 e. The quantitative estimate of drug-likeness (QED) is 0.836. The van der Waals surface area contributed by atoms with Crippen LogP contribution in [0.3, 0.4) is 0 Å². The summed E-state index contributed by atoms with van der Waals surface area (Å²) in [5.41, 5.74) is 0.785. The van der Waals surface area contributed by atoms with Crippen molar-refractivity contribution in [1.29, 1.82) is 0 Å². The number of carboxylic acid groups (broad SMARTS) is 1. The molecule has 0 radical (unpaired) electrons. The Morgan fingerprint density at radius 1 is 1.53 bits per heavy atom. The lowest BCUT2D eigenvalue weighted by Crippen LogP contribution is -2.20. The number of fused-ring (bicyclic) bond motifs is 1. The van der Waals surface area contributed by atoms with Crippen molar-refractivity contribution in [2.45, 2.75) is 12.8 Å². The Balaban J connectivity index is 2.02. The van der Waals surface area contributed by atoms with Crippen molar-refractivity contribution in [3.8, 4) is 0 Å². The van der Waals surface area contributed by atoms with E-state index in [9.17, 15) is 4.79 Å². The maximum atomic E-state index is 10.4. The summed E-state index contributed by atoms with van der Waals surface area (Å²) in [6.07, 6.45) is 4.32. The molecule has 0 saturated heterocycles. The number of anilines is 1. The van der Waals surface area contributed by atoms with Crippen molar-refractivity contribution in [3.63, 3.8) is 0 Å². The van der Waals surface area contributed by atoms with E-state index < -0.39 is 5.97 Å². The Labute approximate surface area is 98.5 Å². The standard InChI is InChI=1S/C11H14N4O2/c1-14(7-2-3-11(16)17)9-5-8-15-10(13-9)4-6-12-15/h4-6,8H,2-3,7H2,1H3,(H,16,17). The second-order valence-corrected chi connectivity index (χ2v) is 3.84. The van der Waals surface area contributed by atoms with Crippen molar-refractivity contribution in [2.24, 2.45) is 0 Å². The van der Waals surface area contributed by atoms with E-state index in [1.165, 1.54) is 0 Å². The molecule has 0 aliphatic heterocycles. The minimum atomic E-state index is -0.766. The number of aromatic nitrogens is 3. The highest BCUT2D eigenvalue weighted by atomic mass is 16.4. The predicted molar refractivity (Wildman–Crippen MR) is 63.1 cm³/mol. The van der Waals surface area contributed by atoms with Crippen molar-refractivity contribution >= 4 is 17.4 Å². The van der Waals surface area contributed by atoms with Gasteiger partial charge < -0.3 is 10.0 Å². The van der Waals surface area contributed by atoms with Gasteiger partial charge in [-0.05, 0) is 12.5 Å². The first kappa shape index (κ1) is 11.4. The molecule has 2 aromatic heterocycles. The molecule has 2 aromatic rings. The lowest BCUT2D eigenvalue weighted by Gasteiger charge is -2.17. The molecule has 0 fully saturated rings. The topological polar surface area (TPSA) is 70.7 Å². The summed E-state index contributed by atoms with van der Waals surface area (Å²) < 4.78 is 1.69. The Bertz CT molecular complexity index is 523. The summed E-state index contributed by atoms with van der Waals surface area (Å²) in [5.74, 6) is 0.0565. The smallest absolute Gasteiger partial charge is 0.303 e. The number of rotatable bonds is 5. The van der Waals surface area contributed by atoms with Crippen molar-refractivity contribution < 1.29 is 9.90 Å². The molecule has 0 bridgehead atoms. The average Bonchev–Trinajstić information content (AvgIpc) is 2.75. The van der Waals surface area contributed by atoms with E-state index in [4.69, 9.17) is 5.11 Å². The molecule has 2 rings (SSSR count). The summed E-state index contributed by atoms with van der Waals surface area (Å²) in [4.78, 5) is 16.8. The fourth-order valence-corrected chi connectivity index (χ4v) is 1.60. The van der Waals surface area contributed by atoms with Gasteiger partial charge in [0.15, 0.2) is 5.65 Å². The normalized spacial score (nSPS) is 10.6. The highest BCUT2D eigenvalue weighted by Gasteiger charge is 2.05. The summed E-state index contributed by atoms with van der Waals surface area (Å²) in [5, 5.41) is 12.6. The zero-order chi connectivity index (χ0) is 12.3. The molecule has 17 heavy (non-hydrogen) atoms. The molecular formula is C11H14N4O2. The second-order valence-electron chi connectivity index (χ2n) is 3.84. The van der Waals surface area contributed by atoms with Crippen LogP contribution in [0.25, 0.3) is 5.65 Å². The molecule has 0 aliphatic carbocycles. The van der Waals surface area contributed by atoms with E-state index in [0.29, 0.717) is 13.0 Å². The lowest BCUT2D eigenvalue weighted by atomic mass is 10.3. The maximum absolute atomic E-state index is 10.4. The van der Waals surface area contributed by atoms with E-state index in [2.05, 4.69) is 10.1 Å². The molecule has 0 amide bonds. The lowest BCUT2D eigenvalue weighted by molar-refractivity contribution is -0.137. The van der Waals surface area contributed by atoms with Crippen LogP contribution in [0, 0.1) is 0 Å². The maximum Gasteiger partial charge on any atom is 0.303 e. The van der Waals surface area contributed by atoms with Gasteiger partial charge >= 0.3 is 5.97 Å². The van der Waals surface area contributed by atoms with Gasteiger partial charge in [0.2, 0.25) is 0 Å². The van der Waals surface area contributed by atoms with E-state index in [1.54, 1.807) is 10.7 Å². The Hall–Kier alpha value is -2.11. The molecule has 0 saturated carbocycles. The van der Waals surface area contributed by atoms with Crippen LogP contribution in [0.5, 0.6) is 0 Å². The summed E-state index contributed by atoms with van der Waals surface area (Å²) >= 11 is 0. The third kappa shape index (κ3) is 2.72. The van der Waals surface area contributed by atoms with Crippen LogP contribution < -0.4 is 4.90 Å². The van der Waals surface area contributed by atoms with Gasteiger partial charge in [-0.25, -0.2) is 9.50 Å². The van der Waals surface area contributed by atoms with E-state index in [-0.39, 0.29) is 6.42 Å². The van der Waals surface area contributed by atoms with Crippen LogP contribution in [0.1, 0.15) is 12.8 Å². The number of carboxylic acids is 1. The zero-order valence-electron chi connectivity index (χ0n) is 9.58. The number of aliphatic carboxylic acids is 1. The first-order valence-electron chi connectivity index (χ1n) is 5.40. The SMILES string of the molecule is CN(CCCC(=O)O)c1ccn2nccc2n1. The van der Waals surface area contributed by atoms with Crippen LogP contribution in [0.4, 0.5) is 5.82 Å². The summed E-state index contributed by atoms with van der Waals surface area (Å²) in [6.45, 7) is 0.670. The van der Waals surface area contributed by atoms with Crippen molar-refractivity contribution in [1.82, 2.24) is 14.6 Å². The van der Waals surface area contributed by atoms with E-state index >= 15 is 0 Å². The van der Waals surface area contributed by atoms with E-state index in [1.807, 2.05) is 30.3 Å². The van der Waals surface area contributed by atoms with Crippen LogP contribution in [-0.4, -0.2) is 39.3 Å². The largest absolute Gasteiger partial charge is 0.481 e. The number of hydrogen-bond acceptors (Lipinski definition) is 4. The number of hydrogen-bond donors (Lipinski definition) is 1. The molecule has 0 unspecified atom stereocenters. The highest BCUT2D eigenvalue weighted by molar-refractivity contribution is 5.66. The summed E-state index contributed by atoms with van der Waals surface area (Å²) in [7, 11) is 1.90. The molecule has 0 spiro atoms. The zero-order valence-corrected chi connectivity index (χ0v) is 9.58. The van der Waals surface area contributed by atoms with Crippen LogP contribution in [-0.2, 0) is 4.79 Å². The molecule has 90 valence electrons. The van der Waals surface area contributed by atoms with Gasteiger partial charge in [0, 0.05) is 32.3 Å². The third-order valence-corrected chi connectivity index (χ3v) is 2.52. The van der Waals surface area contributed by atoms with Gasteiger partial charge in [-0.1, -0.05) is 0 Å². The van der Waals surface area contributed by atoms with Crippen molar-refractivity contribution in [2.75, 3.05) is 18.5 Å². The third-order valence-electron chi connectivity index (χ3n) is 2.52.